The van der Waals surface area contributed by atoms with E-state index in [4.69, 9.17) is 5.73 Å². The van der Waals surface area contributed by atoms with Crippen LogP contribution < -0.4 is 11.1 Å². The molecule has 1 aromatic heterocycles. The Hall–Kier alpha value is -3.53. The predicted molar refractivity (Wildman–Crippen MR) is 99.0 cm³/mol. The van der Waals surface area contributed by atoms with Crippen molar-refractivity contribution in [3.8, 4) is 0 Å². The van der Waals surface area contributed by atoms with Crippen molar-refractivity contribution >= 4 is 43.7 Å². The highest BCUT2D eigenvalue weighted by Gasteiger charge is 2.32. The lowest BCUT2D eigenvalue weighted by atomic mass is 10.1. The first-order chi connectivity index (χ1) is 12.7. The molecule has 0 saturated heterocycles. The predicted octanol–water partition coefficient (Wildman–Crippen LogP) is 2.52. The fraction of sp³-hybridized carbons (Fsp3) is 0.0588. The van der Waals surface area contributed by atoms with Crippen LogP contribution in [0.1, 0.15) is 6.92 Å². The maximum Gasteiger partial charge on any atom is 0.297 e. The smallest absolute Gasteiger partial charge is 0.297 e. The van der Waals surface area contributed by atoms with Gasteiger partial charge in [0.1, 0.15) is 5.52 Å². The molecule has 0 saturated carbocycles. The number of para-hydroxylation sites is 1. The lowest BCUT2D eigenvalue weighted by Crippen LogP contribution is -2.13. The number of nitrogens with one attached hydrogen (secondary N) is 1. The monoisotopic (exact) mass is 386 g/mol. The number of fused-ring (bicyclic) bond motifs is 1. The van der Waals surface area contributed by atoms with E-state index in [1.807, 2.05) is 0 Å². The Kier molecular flexibility index (Phi) is 4.50. The second kappa shape index (κ2) is 6.65. The molecule has 0 radical (unpaired) electrons. The van der Waals surface area contributed by atoms with Crippen molar-refractivity contribution < 1.29 is 18.1 Å². The summed E-state index contributed by atoms with van der Waals surface area (Å²) >= 11 is 0. The summed E-state index contributed by atoms with van der Waals surface area (Å²) in [6.07, 6.45) is 1.41. The number of nitro benzene ring substituents is 1. The molecule has 27 heavy (non-hydrogen) atoms. The van der Waals surface area contributed by atoms with Crippen molar-refractivity contribution in [3.05, 3.63) is 58.8 Å². The van der Waals surface area contributed by atoms with Gasteiger partial charge in [0.05, 0.1) is 26.6 Å². The minimum atomic E-state index is -4.37. The minimum Gasteiger partial charge on any atom is -0.397 e. The Morgan fingerprint density at radius 2 is 1.89 bits per heavy atom. The molecule has 3 N–H and O–H groups in total. The topological polar surface area (TPSA) is 145 Å². The van der Waals surface area contributed by atoms with E-state index in [1.165, 1.54) is 49.5 Å². The van der Waals surface area contributed by atoms with Crippen LogP contribution in [0.15, 0.2) is 58.5 Å². The van der Waals surface area contributed by atoms with Gasteiger partial charge in [-0.1, -0.05) is 12.1 Å². The van der Waals surface area contributed by atoms with E-state index >= 15 is 0 Å². The quantitative estimate of drug-likeness (QED) is 0.398. The second-order valence-corrected chi connectivity index (χ2v) is 7.54. The molecule has 0 aliphatic carbocycles. The van der Waals surface area contributed by atoms with Crippen LogP contribution in [0, 0.1) is 10.1 Å². The molecular weight excluding hydrogens is 372 g/mol. The van der Waals surface area contributed by atoms with E-state index in [0.717, 1.165) is 6.07 Å². The molecule has 0 unspecified atom stereocenters. The number of amides is 1. The third-order valence-electron chi connectivity index (χ3n) is 3.82. The van der Waals surface area contributed by atoms with E-state index in [0.29, 0.717) is 0 Å². The normalized spacial score (nSPS) is 11.3. The van der Waals surface area contributed by atoms with Crippen LogP contribution in [-0.4, -0.2) is 24.2 Å². The number of aromatic nitrogens is 1. The Morgan fingerprint density at radius 3 is 2.56 bits per heavy atom. The average Bonchev–Trinajstić information content (AvgIpc) is 2.61. The molecule has 0 fully saturated rings. The SMILES string of the molecule is CC(=O)Nc1ccccc1S(=O)(=O)c1cc(N)c2ncccc2c1[N+](=O)[O-]. The third-order valence-corrected chi connectivity index (χ3v) is 5.64. The number of hydrogen-bond acceptors (Lipinski definition) is 7. The molecule has 1 heterocycles. The van der Waals surface area contributed by atoms with Crippen molar-refractivity contribution in [2.45, 2.75) is 16.7 Å². The van der Waals surface area contributed by atoms with Gasteiger partial charge in [0.25, 0.3) is 5.69 Å². The number of nitro groups is 1. The molecule has 0 spiro atoms. The van der Waals surface area contributed by atoms with Gasteiger partial charge >= 0.3 is 0 Å². The molecule has 3 rings (SSSR count). The van der Waals surface area contributed by atoms with Crippen LogP contribution in [0.2, 0.25) is 0 Å². The molecular formula is C17H14N4O5S. The highest BCUT2D eigenvalue weighted by atomic mass is 32.2. The number of nitrogen functional groups attached to an aromatic ring is 1. The second-order valence-electron chi connectivity index (χ2n) is 5.65. The highest BCUT2D eigenvalue weighted by molar-refractivity contribution is 7.91. The van der Waals surface area contributed by atoms with Gasteiger partial charge in [0.2, 0.25) is 15.7 Å². The van der Waals surface area contributed by atoms with E-state index in [9.17, 15) is 23.3 Å². The summed E-state index contributed by atoms with van der Waals surface area (Å²) in [5.74, 6) is -0.477. The first kappa shape index (κ1) is 18.3. The first-order valence-corrected chi connectivity index (χ1v) is 9.15. The third kappa shape index (κ3) is 3.17. The van der Waals surface area contributed by atoms with Crippen LogP contribution in [0.3, 0.4) is 0 Å². The zero-order valence-corrected chi connectivity index (χ0v) is 14.9. The minimum absolute atomic E-state index is 0.00761. The molecule has 9 nitrogen and oxygen atoms in total. The maximum absolute atomic E-state index is 13.2. The van der Waals surface area contributed by atoms with Crippen molar-refractivity contribution in [3.63, 3.8) is 0 Å². The van der Waals surface area contributed by atoms with Crippen LogP contribution in [-0.2, 0) is 14.6 Å². The molecule has 1 amide bonds. The highest BCUT2D eigenvalue weighted by Crippen LogP contribution is 2.39. The molecule has 10 heteroatoms. The summed E-state index contributed by atoms with van der Waals surface area (Å²) in [7, 11) is -4.37. The number of anilines is 2. The molecule has 0 aliphatic rings. The summed E-state index contributed by atoms with van der Waals surface area (Å²) in [4.78, 5) is 25.5. The molecule has 138 valence electrons. The largest absolute Gasteiger partial charge is 0.397 e. The Balaban J connectivity index is 2.37. The number of hydrogen-bond donors (Lipinski definition) is 2. The maximum atomic E-state index is 13.2. The number of sulfone groups is 1. The van der Waals surface area contributed by atoms with Gasteiger partial charge in [0.15, 0.2) is 4.90 Å². The van der Waals surface area contributed by atoms with E-state index in [-0.39, 0.29) is 27.2 Å². The van der Waals surface area contributed by atoms with Crippen LogP contribution in [0.4, 0.5) is 17.1 Å². The Bertz CT molecular complexity index is 1190. The van der Waals surface area contributed by atoms with Crippen LogP contribution in [0.5, 0.6) is 0 Å². The molecule has 0 bridgehead atoms. The van der Waals surface area contributed by atoms with Crippen LogP contribution in [0.25, 0.3) is 10.9 Å². The van der Waals surface area contributed by atoms with Gasteiger partial charge in [-0.15, -0.1) is 0 Å². The standard InChI is InChI=1S/C17H14N4O5S/c1-10(22)20-13-6-2-3-7-14(13)27(25,26)15-9-12(18)16-11(5-4-8-19-16)17(15)21(23)24/h2-9H,18H2,1H3,(H,20,22). The fourth-order valence-electron chi connectivity index (χ4n) is 2.74. The summed E-state index contributed by atoms with van der Waals surface area (Å²) in [5.41, 5.74) is 5.43. The Morgan fingerprint density at radius 1 is 1.19 bits per heavy atom. The van der Waals surface area contributed by atoms with E-state index in [1.54, 1.807) is 0 Å². The summed E-state index contributed by atoms with van der Waals surface area (Å²) in [5, 5.41) is 14.1. The molecule has 2 aromatic carbocycles. The van der Waals surface area contributed by atoms with Gasteiger partial charge < -0.3 is 11.1 Å². The lowest BCUT2D eigenvalue weighted by Gasteiger charge is -2.13. The van der Waals surface area contributed by atoms with Gasteiger partial charge in [-0.25, -0.2) is 8.42 Å². The first-order valence-electron chi connectivity index (χ1n) is 7.66. The number of nitrogens with zero attached hydrogens (tertiary/aromatic N) is 2. The zero-order chi connectivity index (χ0) is 19.8. The van der Waals surface area contributed by atoms with E-state index in [2.05, 4.69) is 10.3 Å². The van der Waals surface area contributed by atoms with Crippen molar-refractivity contribution in [2.75, 3.05) is 11.1 Å². The molecule has 0 atom stereocenters. The number of rotatable bonds is 4. The van der Waals surface area contributed by atoms with Gasteiger partial charge in [-0.3, -0.25) is 19.9 Å². The number of carbonyl (C=O) groups is 1. The van der Waals surface area contributed by atoms with Crippen molar-refractivity contribution in [1.82, 2.24) is 4.98 Å². The van der Waals surface area contributed by atoms with Crippen molar-refractivity contribution in [1.29, 1.82) is 0 Å². The van der Waals surface area contributed by atoms with E-state index < -0.39 is 31.3 Å². The zero-order valence-electron chi connectivity index (χ0n) is 14.0. The summed E-state index contributed by atoms with van der Waals surface area (Å²) < 4.78 is 26.5. The lowest BCUT2D eigenvalue weighted by molar-refractivity contribution is -0.386. The van der Waals surface area contributed by atoms with Gasteiger partial charge in [-0.2, -0.15) is 0 Å². The average molecular weight is 386 g/mol. The van der Waals surface area contributed by atoms with Gasteiger partial charge in [0, 0.05) is 13.1 Å². The summed E-state index contributed by atoms with van der Waals surface area (Å²) in [6, 6.07) is 9.51. The Labute approximate surface area is 153 Å². The van der Waals surface area contributed by atoms with Crippen molar-refractivity contribution in [2.24, 2.45) is 0 Å². The summed E-state index contributed by atoms with van der Waals surface area (Å²) in [6.45, 7) is 1.23. The number of nitrogens with two attached hydrogens (primary N) is 1. The fourth-order valence-corrected chi connectivity index (χ4v) is 4.37. The molecule has 3 aromatic rings. The van der Waals surface area contributed by atoms with Gasteiger partial charge in [-0.05, 0) is 30.3 Å². The number of carbonyl (C=O) groups excluding carboxylic acids is 1. The number of pyridine rings is 1. The molecule has 0 aliphatic heterocycles. The number of benzene rings is 2. The van der Waals surface area contributed by atoms with Crippen LogP contribution >= 0.6 is 0 Å².